The molecule has 2 heterocycles. The number of nitrogens with zero attached hydrogens (tertiary/aromatic N) is 4. The van der Waals surface area contributed by atoms with Gasteiger partial charge in [0.25, 0.3) is 5.91 Å². The molecule has 0 saturated carbocycles. The minimum Gasteiger partial charge on any atom is -0.338 e. The van der Waals surface area contributed by atoms with Gasteiger partial charge in [0.2, 0.25) is 11.0 Å². The van der Waals surface area contributed by atoms with E-state index in [0.717, 1.165) is 17.3 Å². The Bertz CT molecular complexity index is 992. The van der Waals surface area contributed by atoms with Crippen LogP contribution in [0.2, 0.25) is 0 Å². The Labute approximate surface area is 172 Å². The highest BCUT2D eigenvalue weighted by atomic mass is 32.1. The second-order valence-corrected chi connectivity index (χ2v) is 8.57. The highest BCUT2D eigenvalue weighted by molar-refractivity contribution is 7.13. The molecule has 3 aromatic rings. The maximum atomic E-state index is 13.1. The van der Waals surface area contributed by atoms with Crippen molar-refractivity contribution in [3.63, 3.8) is 0 Å². The summed E-state index contributed by atoms with van der Waals surface area (Å²) >= 11 is 1.21. The van der Waals surface area contributed by atoms with Gasteiger partial charge in [-0.05, 0) is 24.4 Å². The Morgan fingerprint density at radius 2 is 2.03 bits per heavy atom. The number of hydrogen-bond donors (Lipinski definition) is 3. The zero-order chi connectivity index (χ0) is 21.0. The van der Waals surface area contributed by atoms with E-state index in [9.17, 15) is 9.59 Å². The Kier molecular flexibility index (Phi) is 6.23. The van der Waals surface area contributed by atoms with Crippen molar-refractivity contribution in [2.75, 3.05) is 11.9 Å². The van der Waals surface area contributed by atoms with Gasteiger partial charge in [-0.15, -0.1) is 10.2 Å². The molecule has 2 aromatic heterocycles. The maximum absolute atomic E-state index is 13.1. The minimum absolute atomic E-state index is 0.288. The van der Waals surface area contributed by atoms with Crippen molar-refractivity contribution >= 4 is 39.2 Å². The first-order valence-electron chi connectivity index (χ1n) is 9.34. The van der Waals surface area contributed by atoms with Crippen molar-refractivity contribution in [1.29, 1.82) is 0 Å². The quantitative estimate of drug-likeness (QED) is 0.542. The minimum atomic E-state index is -0.785. The molecule has 1 atom stereocenters. The Morgan fingerprint density at radius 1 is 1.28 bits per heavy atom. The topological polar surface area (TPSA) is 128 Å². The number of nitrogens with one attached hydrogen (secondary N) is 2. The Morgan fingerprint density at radius 3 is 2.69 bits per heavy atom. The molecule has 29 heavy (non-hydrogen) atoms. The zero-order valence-corrected chi connectivity index (χ0v) is 17.5. The van der Waals surface area contributed by atoms with E-state index in [1.165, 1.54) is 16.8 Å². The predicted octanol–water partition coefficient (Wildman–Crippen LogP) is 2.02. The Hall–Kier alpha value is -2.85. The van der Waals surface area contributed by atoms with Gasteiger partial charge < -0.3 is 11.1 Å². The van der Waals surface area contributed by atoms with Crippen molar-refractivity contribution < 1.29 is 9.59 Å². The van der Waals surface area contributed by atoms with Crippen LogP contribution >= 0.6 is 11.3 Å². The van der Waals surface area contributed by atoms with E-state index in [1.54, 1.807) is 4.68 Å². The summed E-state index contributed by atoms with van der Waals surface area (Å²) in [6, 6.07) is 6.74. The van der Waals surface area contributed by atoms with Gasteiger partial charge in [-0.3, -0.25) is 19.6 Å². The number of fused-ring (bicyclic) bond motifs is 1. The number of nitrogens with two attached hydrogens (primary N) is 1. The summed E-state index contributed by atoms with van der Waals surface area (Å²) in [7, 11) is 0. The summed E-state index contributed by atoms with van der Waals surface area (Å²) < 4.78 is 1.78. The molecule has 0 bridgehead atoms. The molecule has 4 N–H and O–H groups in total. The third kappa shape index (κ3) is 4.77. The second-order valence-electron chi connectivity index (χ2n) is 7.74. The second kappa shape index (κ2) is 8.66. The van der Waals surface area contributed by atoms with Gasteiger partial charge in [0, 0.05) is 11.9 Å². The lowest BCUT2D eigenvalue weighted by Crippen LogP contribution is -2.51. The highest BCUT2D eigenvalue weighted by Gasteiger charge is 2.34. The van der Waals surface area contributed by atoms with Crippen LogP contribution in [0.3, 0.4) is 0 Å². The first kappa shape index (κ1) is 20.9. The standard InChI is InChI=1S/C19H25N7O2S/c1-19(2,3)15(17(28)23-18-24-21-11-29-18)22-16(27)14-12-7-4-5-8-13(12)26(25-14)10-6-9-20/h4-5,7-8,11,15H,6,9-10,20H2,1-3H3,(H,22,27)(H,23,24,28). The smallest absolute Gasteiger partial charge is 0.273 e. The van der Waals surface area contributed by atoms with Crippen molar-refractivity contribution in [3.8, 4) is 0 Å². The largest absolute Gasteiger partial charge is 0.338 e. The van der Waals surface area contributed by atoms with Gasteiger partial charge in [0.15, 0.2) is 5.69 Å². The molecule has 1 aromatic carbocycles. The van der Waals surface area contributed by atoms with E-state index in [-0.39, 0.29) is 11.6 Å². The van der Waals surface area contributed by atoms with Crippen LogP contribution in [0.25, 0.3) is 10.9 Å². The summed E-state index contributed by atoms with van der Waals surface area (Å²) in [4.78, 5) is 25.9. The molecule has 0 radical (unpaired) electrons. The number of hydrogen-bond acceptors (Lipinski definition) is 7. The summed E-state index contributed by atoms with van der Waals surface area (Å²) in [5, 5.41) is 18.7. The van der Waals surface area contributed by atoms with Gasteiger partial charge in [-0.25, -0.2) is 0 Å². The molecule has 154 valence electrons. The number of aryl methyl sites for hydroxylation is 1. The van der Waals surface area contributed by atoms with Gasteiger partial charge in [0.05, 0.1) is 5.52 Å². The van der Waals surface area contributed by atoms with E-state index < -0.39 is 17.4 Å². The molecule has 0 aliphatic carbocycles. The SMILES string of the molecule is CC(C)(C)C(NC(=O)c1nn(CCCN)c2ccccc12)C(=O)Nc1nncs1. The number of aromatic nitrogens is 4. The number of rotatable bonds is 7. The van der Waals surface area contributed by atoms with E-state index in [0.29, 0.717) is 18.2 Å². The van der Waals surface area contributed by atoms with E-state index in [2.05, 4.69) is 25.9 Å². The van der Waals surface area contributed by atoms with Crippen LogP contribution in [0.4, 0.5) is 5.13 Å². The summed E-state index contributed by atoms with van der Waals surface area (Å²) in [6.07, 6.45) is 0.752. The summed E-state index contributed by atoms with van der Waals surface area (Å²) in [5.74, 6) is -0.755. The van der Waals surface area contributed by atoms with Gasteiger partial charge in [-0.1, -0.05) is 50.3 Å². The number of benzene rings is 1. The summed E-state index contributed by atoms with van der Waals surface area (Å²) in [6.45, 7) is 6.80. The van der Waals surface area contributed by atoms with Crippen LogP contribution in [0.15, 0.2) is 29.8 Å². The third-order valence-electron chi connectivity index (χ3n) is 4.44. The van der Waals surface area contributed by atoms with Crippen LogP contribution in [-0.4, -0.2) is 44.4 Å². The number of carbonyl (C=O) groups excluding carboxylic acids is 2. The van der Waals surface area contributed by atoms with Crippen LogP contribution < -0.4 is 16.4 Å². The molecule has 1 unspecified atom stereocenters. The van der Waals surface area contributed by atoms with Crippen LogP contribution in [0.5, 0.6) is 0 Å². The molecule has 10 heteroatoms. The molecule has 3 rings (SSSR count). The fourth-order valence-electron chi connectivity index (χ4n) is 2.99. The van der Waals surface area contributed by atoms with E-state index >= 15 is 0 Å². The van der Waals surface area contributed by atoms with Crippen molar-refractivity contribution in [2.24, 2.45) is 11.1 Å². The van der Waals surface area contributed by atoms with E-state index in [4.69, 9.17) is 5.73 Å². The fraction of sp³-hybridized carbons (Fsp3) is 0.421. The lowest BCUT2D eigenvalue weighted by molar-refractivity contribution is -0.120. The first-order valence-corrected chi connectivity index (χ1v) is 10.2. The molecule has 9 nitrogen and oxygen atoms in total. The lowest BCUT2D eigenvalue weighted by Gasteiger charge is -2.29. The normalized spacial score (nSPS) is 12.7. The fourth-order valence-corrected chi connectivity index (χ4v) is 3.43. The van der Waals surface area contributed by atoms with Crippen molar-refractivity contribution in [3.05, 3.63) is 35.5 Å². The van der Waals surface area contributed by atoms with Gasteiger partial charge in [0.1, 0.15) is 11.6 Å². The zero-order valence-electron chi connectivity index (χ0n) is 16.7. The van der Waals surface area contributed by atoms with Gasteiger partial charge >= 0.3 is 0 Å². The number of amides is 2. The third-order valence-corrected chi connectivity index (χ3v) is 5.05. The monoisotopic (exact) mass is 415 g/mol. The first-order chi connectivity index (χ1) is 13.8. The average Bonchev–Trinajstić information content (AvgIpc) is 3.31. The molecule has 2 amide bonds. The van der Waals surface area contributed by atoms with E-state index in [1.807, 2.05) is 45.0 Å². The number of anilines is 1. The van der Waals surface area contributed by atoms with Crippen LogP contribution in [0, 0.1) is 5.41 Å². The molecule has 0 aliphatic rings. The average molecular weight is 416 g/mol. The predicted molar refractivity (Wildman–Crippen MR) is 113 cm³/mol. The molecular formula is C19H25N7O2S. The summed E-state index contributed by atoms with van der Waals surface area (Å²) in [5.41, 5.74) is 7.76. The van der Waals surface area contributed by atoms with Crippen LogP contribution in [0.1, 0.15) is 37.7 Å². The van der Waals surface area contributed by atoms with Gasteiger partial charge in [-0.2, -0.15) is 5.10 Å². The highest BCUT2D eigenvalue weighted by Crippen LogP contribution is 2.23. The molecule has 0 aliphatic heterocycles. The van der Waals surface area contributed by atoms with Crippen molar-refractivity contribution in [2.45, 2.75) is 39.8 Å². The maximum Gasteiger partial charge on any atom is 0.273 e. The number of carbonyl (C=O) groups is 2. The Balaban J connectivity index is 1.87. The number of para-hydroxylation sites is 1. The molecule has 0 saturated heterocycles. The molecule has 0 spiro atoms. The molecular weight excluding hydrogens is 390 g/mol. The van der Waals surface area contributed by atoms with Crippen LogP contribution in [-0.2, 0) is 11.3 Å². The lowest BCUT2D eigenvalue weighted by atomic mass is 9.86. The van der Waals surface area contributed by atoms with Crippen molar-refractivity contribution in [1.82, 2.24) is 25.3 Å². The molecule has 0 fully saturated rings.